The number of benzene rings is 1. The lowest BCUT2D eigenvalue weighted by Gasteiger charge is -1.99. The molecule has 0 saturated carbocycles. The zero-order valence-corrected chi connectivity index (χ0v) is 14.2. The third-order valence-corrected chi connectivity index (χ3v) is 4.38. The molecule has 130 valence electrons. The number of aromatic nitrogens is 4. The maximum Gasteiger partial charge on any atom is 0.362 e. The van der Waals surface area contributed by atoms with E-state index in [-0.39, 0.29) is 16.1 Å². The van der Waals surface area contributed by atoms with Crippen LogP contribution in [0.4, 0.5) is 5.82 Å². The minimum absolute atomic E-state index is 0.144. The fraction of sp³-hybridized carbons (Fsp3) is 0.0625. The average Bonchev–Trinajstić information content (AvgIpc) is 3.26. The summed E-state index contributed by atoms with van der Waals surface area (Å²) in [4.78, 5) is 15.2. The summed E-state index contributed by atoms with van der Waals surface area (Å²) in [6.45, 7) is 0. The second-order valence-electron chi connectivity index (χ2n) is 5.13. The Balaban J connectivity index is 1.66. The van der Waals surface area contributed by atoms with Crippen molar-refractivity contribution in [2.75, 3.05) is 7.11 Å². The molecule has 0 saturated heterocycles. The minimum atomic E-state index is -0.483. The van der Waals surface area contributed by atoms with Gasteiger partial charge in [0.05, 0.1) is 13.3 Å². The number of nitrogens with zero attached hydrogens (tertiary/aromatic N) is 5. The molecule has 0 amide bonds. The van der Waals surface area contributed by atoms with Crippen molar-refractivity contribution in [1.29, 1.82) is 0 Å². The van der Waals surface area contributed by atoms with E-state index >= 15 is 0 Å². The molecule has 1 aromatic carbocycles. The van der Waals surface area contributed by atoms with E-state index in [1.165, 1.54) is 4.40 Å². The number of rotatable bonds is 5. The molecule has 0 radical (unpaired) electrons. The fourth-order valence-electron chi connectivity index (χ4n) is 2.38. The highest BCUT2D eigenvalue weighted by atomic mass is 32.2. The van der Waals surface area contributed by atoms with Gasteiger partial charge in [0.25, 0.3) is 5.22 Å². The summed E-state index contributed by atoms with van der Waals surface area (Å²) in [7, 11) is 1.58. The van der Waals surface area contributed by atoms with Gasteiger partial charge in [-0.1, -0.05) is 6.07 Å². The number of fused-ring (bicyclic) bond motifs is 1. The highest BCUT2D eigenvalue weighted by Gasteiger charge is 2.25. The zero-order chi connectivity index (χ0) is 18.1. The van der Waals surface area contributed by atoms with Gasteiger partial charge in [-0.05, 0) is 47.0 Å². The molecule has 0 unspecified atom stereocenters. The van der Waals surface area contributed by atoms with Crippen LogP contribution in [-0.2, 0) is 0 Å². The molecule has 26 heavy (non-hydrogen) atoms. The second-order valence-corrected chi connectivity index (χ2v) is 6.07. The third kappa shape index (κ3) is 2.86. The standard InChI is InChI=1S/C16H11N5O4S/c1-24-11-7-5-10(6-8-11)13-18-19-16(25-13)26-14-15(21(22)23)20-9-3-2-4-12(20)17-14/h2-9H,1H3. The lowest BCUT2D eigenvalue weighted by Crippen LogP contribution is -1.94. The van der Waals surface area contributed by atoms with Crippen molar-refractivity contribution in [2.45, 2.75) is 10.2 Å². The molecule has 0 aliphatic rings. The van der Waals surface area contributed by atoms with Crippen LogP contribution in [0, 0.1) is 10.1 Å². The molecule has 3 heterocycles. The van der Waals surface area contributed by atoms with E-state index in [2.05, 4.69) is 15.2 Å². The van der Waals surface area contributed by atoms with E-state index in [0.29, 0.717) is 17.3 Å². The maximum atomic E-state index is 11.4. The van der Waals surface area contributed by atoms with Crippen molar-refractivity contribution in [3.63, 3.8) is 0 Å². The summed E-state index contributed by atoms with van der Waals surface area (Å²) < 4.78 is 12.1. The Kier molecular flexibility index (Phi) is 4.01. The van der Waals surface area contributed by atoms with Crippen LogP contribution in [0.25, 0.3) is 17.1 Å². The van der Waals surface area contributed by atoms with Crippen molar-refractivity contribution in [3.8, 4) is 17.2 Å². The quantitative estimate of drug-likeness (QED) is 0.389. The minimum Gasteiger partial charge on any atom is -0.497 e. The molecule has 3 aromatic heterocycles. The van der Waals surface area contributed by atoms with Crippen LogP contribution in [0.2, 0.25) is 0 Å². The Morgan fingerprint density at radius 1 is 1.19 bits per heavy atom. The van der Waals surface area contributed by atoms with E-state index < -0.39 is 4.92 Å². The van der Waals surface area contributed by atoms with Gasteiger partial charge in [0, 0.05) is 11.6 Å². The SMILES string of the molecule is COc1ccc(-c2nnc(Sc3nc4ccccn4c3[N+](=O)[O-])o2)cc1. The summed E-state index contributed by atoms with van der Waals surface area (Å²) in [6.07, 6.45) is 1.58. The number of imidazole rings is 1. The first-order valence-electron chi connectivity index (χ1n) is 7.43. The van der Waals surface area contributed by atoms with Gasteiger partial charge >= 0.3 is 5.82 Å². The number of nitro groups is 1. The molecule has 0 atom stereocenters. The van der Waals surface area contributed by atoms with Gasteiger partial charge in [0.2, 0.25) is 16.6 Å². The highest BCUT2D eigenvalue weighted by Crippen LogP contribution is 2.35. The number of ether oxygens (including phenoxy) is 1. The van der Waals surface area contributed by atoms with Crippen LogP contribution >= 0.6 is 11.8 Å². The molecule has 0 bridgehead atoms. The summed E-state index contributed by atoms with van der Waals surface area (Å²) in [5.74, 6) is 0.875. The summed E-state index contributed by atoms with van der Waals surface area (Å²) in [6, 6.07) is 12.3. The van der Waals surface area contributed by atoms with Gasteiger partial charge in [-0.3, -0.25) is 0 Å². The fourth-order valence-corrected chi connectivity index (χ4v) is 3.15. The van der Waals surface area contributed by atoms with E-state index in [4.69, 9.17) is 9.15 Å². The predicted octanol–water partition coefficient (Wildman–Crippen LogP) is 3.45. The first-order valence-corrected chi connectivity index (χ1v) is 8.24. The van der Waals surface area contributed by atoms with Crippen LogP contribution < -0.4 is 4.74 Å². The van der Waals surface area contributed by atoms with Gasteiger partial charge in [-0.15, -0.1) is 10.2 Å². The van der Waals surface area contributed by atoms with Crippen molar-refractivity contribution in [2.24, 2.45) is 0 Å². The number of hydrogen-bond acceptors (Lipinski definition) is 8. The smallest absolute Gasteiger partial charge is 0.362 e. The van der Waals surface area contributed by atoms with Gasteiger partial charge < -0.3 is 19.3 Å². The average molecular weight is 369 g/mol. The Morgan fingerprint density at radius 3 is 2.73 bits per heavy atom. The van der Waals surface area contributed by atoms with E-state index in [1.54, 1.807) is 55.8 Å². The Morgan fingerprint density at radius 2 is 2.00 bits per heavy atom. The number of hydrogen-bond donors (Lipinski definition) is 0. The van der Waals surface area contributed by atoms with Crippen LogP contribution in [0.3, 0.4) is 0 Å². The molecular weight excluding hydrogens is 358 g/mol. The molecule has 10 heteroatoms. The molecule has 0 aliphatic carbocycles. The van der Waals surface area contributed by atoms with Gasteiger partial charge in [-0.2, -0.15) is 9.38 Å². The van der Waals surface area contributed by atoms with E-state index in [0.717, 1.165) is 17.3 Å². The van der Waals surface area contributed by atoms with Crippen LogP contribution in [0.1, 0.15) is 0 Å². The molecule has 0 fully saturated rings. The first-order chi connectivity index (χ1) is 12.7. The van der Waals surface area contributed by atoms with Crippen LogP contribution in [0.5, 0.6) is 5.75 Å². The maximum absolute atomic E-state index is 11.4. The molecule has 0 spiro atoms. The number of pyridine rings is 1. The van der Waals surface area contributed by atoms with Gasteiger partial charge in [-0.25, -0.2) is 0 Å². The molecule has 0 N–H and O–H groups in total. The monoisotopic (exact) mass is 369 g/mol. The van der Waals surface area contributed by atoms with E-state index in [1.807, 2.05) is 0 Å². The van der Waals surface area contributed by atoms with Crippen molar-refractivity contribution >= 4 is 23.2 Å². The Bertz CT molecular complexity index is 1090. The van der Waals surface area contributed by atoms with Gasteiger partial charge in [0.15, 0.2) is 0 Å². The highest BCUT2D eigenvalue weighted by molar-refractivity contribution is 7.99. The second kappa shape index (κ2) is 6.48. The zero-order valence-electron chi connectivity index (χ0n) is 13.4. The molecular formula is C16H11N5O4S. The van der Waals surface area contributed by atoms with Crippen molar-refractivity contribution in [3.05, 3.63) is 58.8 Å². The molecule has 4 rings (SSSR count). The number of methoxy groups -OCH3 is 1. The lowest BCUT2D eigenvalue weighted by atomic mass is 10.2. The lowest BCUT2D eigenvalue weighted by molar-refractivity contribution is -0.393. The predicted molar refractivity (Wildman–Crippen MR) is 92.3 cm³/mol. The molecule has 4 aromatic rings. The summed E-state index contributed by atoms with van der Waals surface area (Å²) in [5, 5.41) is 19.7. The van der Waals surface area contributed by atoms with Crippen LogP contribution in [-0.4, -0.2) is 31.6 Å². The Hall–Kier alpha value is -3.40. The van der Waals surface area contributed by atoms with Crippen molar-refractivity contribution < 1.29 is 14.1 Å². The van der Waals surface area contributed by atoms with Crippen LogP contribution in [0.15, 0.2) is 63.3 Å². The summed E-state index contributed by atoms with van der Waals surface area (Å²) in [5.41, 5.74) is 1.19. The third-order valence-electron chi connectivity index (χ3n) is 3.57. The largest absolute Gasteiger partial charge is 0.497 e. The topological polar surface area (TPSA) is 109 Å². The summed E-state index contributed by atoms with van der Waals surface area (Å²) >= 11 is 0.953. The van der Waals surface area contributed by atoms with Crippen molar-refractivity contribution in [1.82, 2.24) is 19.6 Å². The molecule has 0 aliphatic heterocycles. The Labute approximate surface area is 150 Å². The van der Waals surface area contributed by atoms with Gasteiger partial charge in [0.1, 0.15) is 5.75 Å². The van der Waals surface area contributed by atoms with E-state index in [9.17, 15) is 10.1 Å². The molecule has 9 nitrogen and oxygen atoms in total. The first kappa shape index (κ1) is 16.1. The normalized spacial score (nSPS) is 11.0.